The van der Waals surface area contributed by atoms with Gasteiger partial charge in [0.25, 0.3) is 5.91 Å². The van der Waals surface area contributed by atoms with E-state index >= 15 is 0 Å². The van der Waals surface area contributed by atoms with Crippen molar-refractivity contribution in [2.45, 2.75) is 38.1 Å². The lowest BCUT2D eigenvalue weighted by Gasteiger charge is -2.16. The summed E-state index contributed by atoms with van der Waals surface area (Å²) < 4.78 is 45.1. The Morgan fingerprint density at radius 2 is 1.83 bits per heavy atom. The largest absolute Gasteiger partial charge is 0.465 e. The van der Waals surface area contributed by atoms with Crippen LogP contribution in [0.4, 0.5) is 0 Å². The molecule has 0 saturated heterocycles. The van der Waals surface area contributed by atoms with Gasteiger partial charge in [0.15, 0.2) is 16.3 Å². The molecular formula is C24H27N3O7S2. The zero-order valence-electron chi connectivity index (χ0n) is 20.2. The first-order valence-corrected chi connectivity index (χ1v) is 13.7. The van der Waals surface area contributed by atoms with E-state index in [1.165, 1.54) is 47.0 Å². The number of hydrogen-bond acceptors (Lipinski definition) is 8. The molecule has 0 N–H and O–H groups in total. The molecule has 3 aromatic rings. The highest BCUT2D eigenvalue weighted by Crippen LogP contribution is 2.37. The highest BCUT2D eigenvalue weighted by Gasteiger charge is 2.22. The van der Waals surface area contributed by atoms with Crippen molar-refractivity contribution >= 4 is 43.5 Å². The molecule has 1 aliphatic rings. The third kappa shape index (κ3) is 5.30. The number of hydrogen-bond donors (Lipinski definition) is 0. The summed E-state index contributed by atoms with van der Waals surface area (Å²) in [5.74, 6) is 0.0788. The van der Waals surface area contributed by atoms with Gasteiger partial charge in [0, 0.05) is 31.3 Å². The topological polar surface area (TPSA) is 117 Å². The monoisotopic (exact) mass is 533 g/mol. The summed E-state index contributed by atoms with van der Waals surface area (Å²) in [6.45, 7) is 4.32. The highest BCUT2D eigenvalue weighted by molar-refractivity contribution is 7.89. The molecule has 0 spiro atoms. The number of amides is 1. The maximum Gasteiger partial charge on any atom is 0.326 e. The number of thiazole rings is 1. The normalized spacial score (nSPS) is 13.5. The second-order valence-corrected chi connectivity index (χ2v) is 11.1. The predicted molar refractivity (Wildman–Crippen MR) is 134 cm³/mol. The fourth-order valence-corrected chi connectivity index (χ4v) is 5.88. The van der Waals surface area contributed by atoms with Crippen LogP contribution < -0.4 is 14.3 Å². The first-order valence-electron chi connectivity index (χ1n) is 11.5. The van der Waals surface area contributed by atoms with Crippen LogP contribution in [-0.2, 0) is 26.1 Å². The summed E-state index contributed by atoms with van der Waals surface area (Å²) in [6.07, 6.45) is 1.64. The average molecular weight is 534 g/mol. The molecule has 0 unspecified atom stereocenters. The van der Waals surface area contributed by atoms with E-state index in [0.717, 1.165) is 17.5 Å². The highest BCUT2D eigenvalue weighted by atomic mass is 32.2. The van der Waals surface area contributed by atoms with Gasteiger partial charge in [0.2, 0.25) is 16.8 Å². The van der Waals surface area contributed by atoms with Crippen LogP contribution in [0.25, 0.3) is 10.2 Å². The lowest BCUT2D eigenvalue weighted by molar-refractivity contribution is -0.143. The summed E-state index contributed by atoms with van der Waals surface area (Å²) in [5.41, 5.74) is 0.875. The molecule has 0 radical (unpaired) electrons. The van der Waals surface area contributed by atoms with E-state index in [4.69, 9.17) is 14.2 Å². The van der Waals surface area contributed by atoms with Crippen molar-refractivity contribution in [1.29, 1.82) is 0 Å². The van der Waals surface area contributed by atoms with Gasteiger partial charge in [0.05, 0.1) is 21.7 Å². The van der Waals surface area contributed by atoms with E-state index in [9.17, 15) is 18.0 Å². The summed E-state index contributed by atoms with van der Waals surface area (Å²) in [4.78, 5) is 29.9. The predicted octanol–water partition coefficient (Wildman–Crippen LogP) is 3.16. The van der Waals surface area contributed by atoms with Crippen molar-refractivity contribution in [2.24, 2.45) is 4.99 Å². The Labute approximate surface area is 212 Å². The number of ether oxygens (including phenoxy) is 3. The number of carbonyl (C=O) groups excluding carboxylic acids is 2. The van der Waals surface area contributed by atoms with Gasteiger partial charge in [-0.05, 0) is 37.6 Å². The second kappa shape index (κ2) is 10.8. The molecule has 12 heteroatoms. The molecule has 1 amide bonds. The number of rotatable bonds is 9. The number of aromatic nitrogens is 1. The van der Waals surface area contributed by atoms with Gasteiger partial charge < -0.3 is 18.8 Å². The van der Waals surface area contributed by atoms with Gasteiger partial charge in [0.1, 0.15) is 6.54 Å². The number of carbonyl (C=O) groups is 2. The molecule has 0 saturated carbocycles. The third-order valence-electron chi connectivity index (χ3n) is 5.60. The molecule has 0 atom stereocenters. The lowest BCUT2D eigenvalue weighted by Crippen LogP contribution is -2.27. The van der Waals surface area contributed by atoms with E-state index in [0.29, 0.717) is 28.4 Å². The van der Waals surface area contributed by atoms with Gasteiger partial charge in [-0.1, -0.05) is 24.7 Å². The van der Waals surface area contributed by atoms with Crippen LogP contribution in [0.5, 0.6) is 11.5 Å². The Kier molecular flexibility index (Phi) is 7.76. The lowest BCUT2D eigenvalue weighted by atomic mass is 10.2. The summed E-state index contributed by atoms with van der Waals surface area (Å²) in [6, 6.07) is 9.19. The fourth-order valence-electron chi connectivity index (χ4n) is 3.64. The van der Waals surface area contributed by atoms with Crippen LogP contribution in [0.15, 0.2) is 46.3 Å². The van der Waals surface area contributed by atoms with Gasteiger partial charge in [-0.3, -0.25) is 9.59 Å². The maximum atomic E-state index is 13.0. The zero-order valence-corrected chi connectivity index (χ0v) is 21.9. The van der Waals surface area contributed by atoms with E-state index < -0.39 is 21.9 Å². The van der Waals surface area contributed by atoms with Gasteiger partial charge in [-0.2, -0.15) is 4.99 Å². The summed E-state index contributed by atoms with van der Waals surface area (Å²) in [7, 11) is -2.11. The Hall–Kier alpha value is -3.22. The molecule has 4 rings (SSSR count). The Balaban J connectivity index is 1.68. The molecule has 10 nitrogen and oxygen atoms in total. The van der Waals surface area contributed by atoms with Gasteiger partial charge >= 0.3 is 5.97 Å². The van der Waals surface area contributed by atoms with Crippen molar-refractivity contribution in [3.8, 4) is 11.5 Å². The summed E-state index contributed by atoms with van der Waals surface area (Å²) >= 11 is 1.22. The molecular weight excluding hydrogens is 506 g/mol. The van der Waals surface area contributed by atoms with Crippen molar-refractivity contribution in [1.82, 2.24) is 8.87 Å². The zero-order chi connectivity index (χ0) is 25.9. The number of unbranched alkanes of at least 4 members (excludes halogenated alkanes) is 1. The van der Waals surface area contributed by atoms with Crippen LogP contribution in [0.1, 0.15) is 37.0 Å². The van der Waals surface area contributed by atoms with E-state index in [1.54, 1.807) is 23.6 Å². The van der Waals surface area contributed by atoms with Crippen molar-refractivity contribution < 1.29 is 32.2 Å². The molecule has 36 heavy (non-hydrogen) atoms. The number of nitrogens with zero attached hydrogens (tertiary/aromatic N) is 3. The van der Waals surface area contributed by atoms with Crippen LogP contribution in [0.2, 0.25) is 0 Å². The average Bonchev–Trinajstić information content (AvgIpc) is 3.45. The van der Waals surface area contributed by atoms with Crippen LogP contribution in [0.3, 0.4) is 0 Å². The van der Waals surface area contributed by atoms with E-state index in [2.05, 4.69) is 4.99 Å². The summed E-state index contributed by atoms with van der Waals surface area (Å²) in [5, 5.41) is 0. The quantitative estimate of drug-likeness (QED) is 0.388. The molecule has 0 bridgehead atoms. The van der Waals surface area contributed by atoms with Gasteiger partial charge in [-0.15, -0.1) is 0 Å². The Bertz CT molecular complexity index is 1460. The molecule has 0 aliphatic carbocycles. The molecule has 0 fully saturated rings. The molecule has 2 heterocycles. The fraction of sp³-hybridized carbons (Fsp3) is 0.375. The smallest absolute Gasteiger partial charge is 0.326 e. The van der Waals surface area contributed by atoms with E-state index in [1.807, 2.05) is 6.92 Å². The minimum absolute atomic E-state index is 0.103. The SMILES string of the molecule is CCCCN(C)S(=O)(=O)c1ccc(C(=O)N=c2sc3cc4c(cc3n2CC(=O)OCC)OCO4)cc1. The third-order valence-corrected chi connectivity index (χ3v) is 8.52. The Morgan fingerprint density at radius 1 is 1.14 bits per heavy atom. The minimum Gasteiger partial charge on any atom is -0.465 e. The number of sulfonamides is 1. The van der Waals surface area contributed by atoms with Crippen LogP contribution in [0, 0.1) is 0 Å². The standard InChI is InChI=1S/C24H27N3O7S2/c1-4-6-11-26(3)36(30,31)17-9-7-16(8-10-17)23(29)25-24-27(14-22(28)32-5-2)18-12-19-20(34-15-33-19)13-21(18)35-24/h7-10,12-13H,4-6,11,14-15H2,1-3H3. The maximum absolute atomic E-state index is 13.0. The van der Waals surface area contributed by atoms with Crippen molar-refractivity contribution in [3.05, 3.63) is 46.8 Å². The second-order valence-electron chi connectivity index (χ2n) is 8.07. The Morgan fingerprint density at radius 3 is 2.50 bits per heavy atom. The number of fused-ring (bicyclic) bond motifs is 2. The van der Waals surface area contributed by atoms with Crippen LogP contribution in [-0.4, -0.2) is 56.2 Å². The minimum atomic E-state index is -3.65. The van der Waals surface area contributed by atoms with Crippen LogP contribution >= 0.6 is 11.3 Å². The number of esters is 1. The first kappa shape index (κ1) is 25.9. The number of benzene rings is 2. The molecule has 1 aliphatic heterocycles. The molecule has 1 aromatic heterocycles. The first-order chi connectivity index (χ1) is 17.2. The van der Waals surface area contributed by atoms with Crippen molar-refractivity contribution in [2.75, 3.05) is 27.0 Å². The van der Waals surface area contributed by atoms with Gasteiger partial charge in [-0.25, -0.2) is 12.7 Å². The molecule has 2 aromatic carbocycles. The van der Waals surface area contributed by atoms with E-state index in [-0.39, 0.29) is 30.4 Å². The molecule has 192 valence electrons. The van der Waals surface area contributed by atoms with Crippen molar-refractivity contribution in [3.63, 3.8) is 0 Å².